The van der Waals surface area contributed by atoms with Gasteiger partial charge in [0.25, 0.3) is 0 Å². The highest BCUT2D eigenvalue weighted by molar-refractivity contribution is 4.79. The van der Waals surface area contributed by atoms with Gasteiger partial charge in [0.05, 0.1) is 0 Å². The molecule has 0 saturated heterocycles. The van der Waals surface area contributed by atoms with E-state index in [9.17, 15) is 0 Å². The molecule has 0 aliphatic heterocycles. The van der Waals surface area contributed by atoms with Crippen LogP contribution in [0.15, 0.2) is 4.42 Å². The summed E-state index contributed by atoms with van der Waals surface area (Å²) in [5.74, 6) is 1.67. The second kappa shape index (κ2) is 2.40. The van der Waals surface area contributed by atoms with Crippen molar-refractivity contribution >= 4 is 0 Å². The van der Waals surface area contributed by atoms with E-state index in [1.54, 1.807) is 0 Å². The zero-order valence-electron chi connectivity index (χ0n) is 5.71. The molecule has 53 valence electrons. The summed E-state index contributed by atoms with van der Waals surface area (Å²) in [6, 6.07) is 0. The van der Waals surface area contributed by atoms with Crippen molar-refractivity contribution in [3.05, 3.63) is 12.3 Å². The van der Waals surface area contributed by atoms with Crippen molar-refractivity contribution in [2.75, 3.05) is 0 Å². The van der Waals surface area contributed by atoms with Gasteiger partial charge in [0.1, 0.15) is 0 Å². The van der Waals surface area contributed by atoms with E-state index < -0.39 is 0 Å². The third-order valence-electron chi connectivity index (χ3n) is 1.83. The van der Waals surface area contributed by atoms with Crippen molar-refractivity contribution in [3.63, 3.8) is 0 Å². The monoisotopic (exact) mass is 137 g/mol. The molecular formula is C7H9N2O. The van der Waals surface area contributed by atoms with Crippen LogP contribution in [0.4, 0.5) is 0 Å². The Hall–Kier alpha value is -0.860. The lowest BCUT2D eigenvalue weighted by molar-refractivity contribution is 0.472. The van der Waals surface area contributed by atoms with Gasteiger partial charge < -0.3 is 4.42 Å². The highest BCUT2D eigenvalue weighted by atomic mass is 16.4. The van der Waals surface area contributed by atoms with E-state index in [0.717, 1.165) is 18.2 Å². The van der Waals surface area contributed by atoms with Gasteiger partial charge in [0.15, 0.2) is 0 Å². The highest BCUT2D eigenvalue weighted by Gasteiger charge is 2.21. The minimum atomic E-state index is 0.729. The molecule has 10 heavy (non-hydrogen) atoms. The first-order valence-electron chi connectivity index (χ1n) is 3.63. The molecule has 2 rings (SSSR count). The van der Waals surface area contributed by atoms with Crippen molar-refractivity contribution < 1.29 is 4.42 Å². The van der Waals surface area contributed by atoms with Gasteiger partial charge in [-0.1, -0.05) is 12.8 Å². The zero-order valence-corrected chi connectivity index (χ0v) is 5.71. The third kappa shape index (κ3) is 1.35. The first kappa shape index (κ1) is 5.89. The minimum absolute atomic E-state index is 0.729. The minimum Gasteiger partial charge on any atom is -0.417 e. The molecule has 3 nitrogen and oxygen atoms in total. The molecule has 1 aromatic rings. The van der Waals surface area contributed by atoms with Crippen molar-refractivity contribution in [3.8, 4) is 0 Å². The van der Waals surface area contributed by atoms with Gasteiger partial charge >= 0.3 is 6.39 Å². The molecule has 1 aliphatic rings. The van der Waals surface area contributed by atoms with E-state index in [1.807, 2.05) is 0 Å². The molecule has 3 heteroatoms. The Morgan fingerprint density at radius 2 is 2.50 bits per heavy atom. The average Bonchev–Trinajstić information content (AvgIpc) is 2.63. The summed E-state index contributed by atoms with van der Waals surface area (Å²) < 4.78 is 4.86. The molecule has 1 radical (unpaired) electrons. The van der Waals surface area contributed by atoms with Crippen molar-refractivity contribution in [2.45, 2.75) is 25.7 Å². The smallest absolute Gasteiger partial charge is 0.305 e. The Labute approximate surface area is 59.5 Å². The molecule has 0 atom stereocenters. The number of aromatic nitrogens is 2. The fourth-order valence-corrected chi connectivity index (χ4v) is 1.00. The molecule has 1 aliphatic carbocycles. The summed E-state index contributed by atoms with van der Waals surface area (Å²) in [4.78, 5) is 0. The number of rotatable bonds is 3. The van der Waals surface area contributed by atoms with E-state index in [2.05, 4.69) is 16.6 Å². The van der Waals surface area contributed by atoms with Crippen LogP contribution >= 0.6 is 0 Å². The maximum Gasteiger partial charge on any atom is 0.305 e. The van der Waals surface area contributed by atoms with E-state index >= 15 is 0 Å². The Bertz CT molecular complexity index is 191. The number of aryl methyl sites for hydroxylation is 1. The Kier molecular flexibility index (Phi) is 1.42. The van der Waals surface area contributed by atoms with Gasteiger partial charge in [-0.25, -0.2) is 0 Å². The van der Waals surface area contributed by atoms with Gasteiger partial charge in [-0.05, 0) is 12.3 Å². The molecule has 0 bridgehead atoms. The number of hydrogen-bond donors (Lipinski definition) is 0. The predicted molar refractivity (Wildman–Crippen MR) is 34.2 cm³/mol. The molecular weight excluding hydrogens is 128 g/mol. The molecule has 0 unspecified atom stereocenters. The Morgan fingerprint density at radius 3 is 3.10 bits per heavy atom. The first-order chi connectivity index (χ1) is 4.95. The molecule has 0 aromatic carbocycles. The molecule has 0 N–H and O–H groups in total. The van der Waals surface area contributed by atoms with Crippen LogP contribution in [0.5, 0.6) is 0 Å². The first-order valence-corrected chi connectivity index (χ1v) is 3.63. The summed E-state index contributed by atoms with van der Waals surface area (Å²) in [6.45, 7) is 0. The highest BCUT2D eigenvalue weighted by Crippen LogP contribution is 2.33. The van der Waals surface area contributed by atoms with Crippen LogP contribution in [-0.4, -0.2) is 10.2 Å². The summed E-state index contributed by atoms with van der Waals surface area (Å²) in [5, 5.41) is 7.22. The van der Waals surface area contributed by atoms with E-state index in [0.29, 0.717) is 0 Å². The third-order valence-corrected chi connectivity index (χ3v) is 1.83. The van der Waals surface area contributed by atoms with Crippen molar-refractivity contribution in [1.82, 2.24) is 10.2 Å². The van der Waals surface area contributed by atoms with Crippen LogP contribution in [0.2, 0.25) is 0 Å². The normalized spacial score (nSPS) is 17.6. The lowest BCUT2D eigenvalue weighted by atomic mass is 10.2. The Balaban J connectivity index is 1.79. The standard InChI is InChI=1S/C7H9N2O/c1-2-6(1)3-4-7-9-8-5-10-7/h6H,1-4H2. The van der Waals surface area contributed by atoms with Crippen LogP contribution in [0.3, 0.4) is 0 Å². The maximum atomic E-state index is 4.86. The maximum absolute atomic E-state index is 4.86. The fraction of sp³-hybridized carbons (Fsp3) is 0.714. The van der Waals surface area contributed by atoms with Crippen LogP contribution in [0, 0.1) is 12.3 Å². The molecule has 1 saturated carbocycles. The van der Waals surface area contributed by atoms with E-state index in [4.69, 9.17) is 4.42 Å². The quantitative estimate of drug-likeness (QED) is 0.628. The molecule has 0 spiro atoms. The van der Waals surface area contributed by atoms with E-state index in [1.165, 1.54) is 19.3 Å². The number of hydrogen-bond acceptors (Lipinski definition) is 3. The lowest BCUT2D eigenvalue weighted by Gasteiger charge is -1.89. The zero-order chi connectivity index (χ0) is 6.81. The molecule has 0 amide bonds. The molecule has 1 fully saturated rings. The van der Waals surface area contributed by atoms with Crippen LogP contribution in [-0.2, 0) is 6.42 Å². The SMILES string of the molecule is [c]1nnc(CCC2CC2)o1. The summed E-state index contributed by atoms with van der Waals surface area (Å²) >= 11 is 0. The van der Waals surface area contributed by atoms with Gasteiger partial charge in [-0.2, -0.15) is 0 Å². The van der Waals surface area contributed by atoms with Crippen LogP contribution in [0.25, 0.3) is 0 Å². The van der Waals surface area contributed by atoms with Gasteiger partial charge in [0.2, 0.25) is 5.89 Å². The summed E-state index contributed by atoms with van der Waals surface area (Å²) in [6.07, 6.45) is 7.25. The predicted octanol–water partition coefficient (Wildman–Crippen LogP) is 1.21. The largest absolute Gasteiger partial charge is 0.417 e. The van der Waals surface area contributed by atoms with Gasteiger partial charge in [-0.15, -0.1) is 10.2 Å². The van der Waals surface area contributed by atoms with Crippen molar-refractivity contribution in [2.24, 2.45) is 5.92 Å². The topological polar surface area (TPSA) is 38.9 Å². The molecule has 1 aromatic heterocycles. The van der Waals surface area contributed by atoms with E-state index in [-0.39, 0.29) is 0 Å². The number of nitrogens with zero attached hydrogens (tertiary/aromatic N) is 2. The molecule has 1 heterocycles. The summed E-state index contributed by atoms with van der Waals surface area (Å²) in [7, 11) is 0. The van der Waals surface area contributed by atoms with Crippen molar-refractivity contribution in [1.29, 1.82) is 0 Å². The van der Waals surface area contributed by atoms with Crippen LogP contribution in [0.1, 0.15) is 25.2 Å². The van der Waals surface area contributed by atoms with Gasteiger partial charge in [-0.3, -0.25) is 0 Å². The average molecular weight is 137 g/mol. The second-order valence-electron chi connectivity index (χ2n) is 2.77. The van der Waals surface area contributed by atoms with Gasteiger partial charge in [0, 0.05) is 6.42 Å². The second-order valence-corrected chi connectivity index (χ2v) is 2.77. The summed E-state index contributed by atoms with van der Waals surface area (Å²) in [5.41, 5.74) is 0. The van der Waals surface area contributed by atoms with Crippen LogP contribution < -0.4 is 0 Å². The fourth-order valence-electron chi connectivity index (χ4n) is 1.00. The lowest BCUT2D eigenvalue weighted by Crippen LogP contribution is -1.86. The Morgan fingerprint density at radius 1 is 1.60 bits per heavy atom.